The van der Waals surface area contributed by atoms with Gasteiger partial charge in [-0.3, -0.25) is 4.98 Å². The molecule has 0 unspecified atom stereocenters. The lowest BCUT2D eigenvalue weighted by Crippen LogP contribution is -2.01. The molecule has 2 aromatic rings. The molecular formula is C12H12ClNO2S. The SMILES string of the molecule is Cc1cnc2c(S(C)(=O)=O)cc(CCl)cc2c1. The summed E-state index contributed by atoms with van der Waals surface area (Å²) in [6.45, 7) is 1.92. The Hall–Kier alpha value is -1.13. The number of nitrogens with zero attached hydrogens (tertiary/aromatic N) is 1. The lowest BCUT2D eigenvalue weighted by molar-refractivity contribution is 0.602. The van der Waals surface area contributed by atoms with Gasteiger partial charge in [-0.05, 0) is 36.2 Å². The average Bonchev–Trinajstić information content (AvgIpc) is 2.25. The van der Waals surface area contributed by atoms with Gasteiger partial charge in [-0.2, -0.15) is 0 Å². The maximum Gasteiger partial charge on any atom is 0.177 e. The molecule has 0 saturated heterocycles. The number of hydrogen-bond donors (Lipinski definition) is 0. The molecule has 5 heteroatoms. The van der Waals surface area contributed by atoms with E-state index < -0.39 is 9.84 Å². The van der Waals surface area contributed by atoms with Crippen LogP contribution in [0.5, 0.6) is 0 Å². The van der Waals surface area contributed by atoms with Crippen molar-refractivity contribution in [2.24, 2.45) is 0 Å². The highest BCUT2D eigenvalue weighted by molar-refractivity contribution is 7.91. The molecule has 0 atom stereocenters. The first-order chi connectivity index (χ1) is 7.91. The summed E-state index contributed by atoms with van der Waals surface area (Å²) in [5, 5.41) is 0.809. The summed E-state index contributed by atoms with van der Waals surface area (Å²) >= 11 is 5.77. The Kier molecular flexibility index (Phi) is 3.10. The first kappa shape index (κ1) is 12.3. The molecule has 1 heterocycles. The molecule has 1 aromatic heterocycles. The minimum absolute atomic E-state index is 0.241. The molecule has 0 bridgehead atoms. The maximum absolute atomic E-state index is 11.7. The number of aromatic nitrogens is 1. The number of aryl methyl sites for hydroxylation is 1. The normalized spacial score (nSPS) is 11.9. The Labute approximate surface area is 105 Å². The van der Waals surface area contributed by atoms with Crippen LogP contribution >= 0.6 is 11.6 Å². The van der Waals surface area contributed by atoms with Gasteiger partial charge < -0.3 is 0 Å². The number of pyridine rings is 1. The lowest BCUT2D eigenvalue weighted by atomic mass is 10.1. The van der Waals surface area contributed by atoms with Gasteiger partial charge >= 0.3 is 0 Å². The molecule has 90 valence electrons. The Morgan fingerprint density at radius 3 is 2.59 bits per heavy atom. The van der Waals surface area contributed by atoms with Crippen molar-refractivity contribution in [3.63, 3.8) is 0 Å². The van der Waals surface area contributed by atoms with Gasteiger partial charge in [-0.1, -0.05) is 0 Å². The van der Waals surface area contributed by atoms with Gasteiger partial charge in [0.05, 0.1) is 10.4 Å². The second kappa shape index (κ2) is 4.27. The molecular weight excluding hydrogens is 258 g/mol. The zero-order chi connectivity index (χ0) is 12.6. The number of rotatable bonds is 2. The van der Waals surface area contributed by atoms with E-state index in [2.05, 4.69) is 4.98 Å². The zero-order valence-electron chi connectivity index (χ0n) is 9.57. The molecule has 0 saturated carbocycles. The maximum atomic E-state index is 11.7. The van der Waals surface area contributed by atoms with Crippen LogP contribution in [0.2, 0.25) is 0 Å². The number of halogens is 1. The van der Waals surface area contributed by atoms with Gasteiger partial charge in [0.1, 0.15) is 0 Å². The molecule has 0 radical (unpaired) electrons. The third kappa shape index (κ3) is 2.42. The van der Waals surface area contributed by atoms with Crippen molar-refractivity contribution in [1.82, 2.24) is 4.98 Å². The highest BCUT2D eigenvalue weighted by Gasteiger charge is 2.14. The van der Waals surface area contributed by atoms with Gasteiger partial charge in [0.25, 0.3) is 0 Å². The van der Waals surface area contributed by atoms with E-state index in [4.69, 9.17) is 11.6 Å². The highest BCUT2D eigenvalue weighted by Crippen LogP contribution is 2.24. The molecule has 2 rings (SSSR count). The van der Waals surface area contributed by atoms with E-state index in [9.17, 15) is 8.42 Å². The molecule has 0 spiro atoms. The summed E-state index contributed by atoms with van der Waals surface area (Å²) < 4.78 is 23.4. The predicted molar refractivity (Wildman–Crippen MR) is 69.1 cm³/mol. The van der Waals surface area contributed by atoms with E-state index in [1.165, 1.54) is 6.26 Å². The lowest BCUT2D eigenvalue weighted by Gasteiger charge is -2.07. The minimum Gasteiger partial charge on any atom is -0.255 e. The van der Waals surface area contributed by atoms with Crippen molar-refractivity contribution in [2.75, 3.05) is 6.26 Å². The van der Waals surface area contributed by atoms with Crippen molar-refractivity contribution in [1.29, 1.82) is 0 Å². The van der Waals surface area contributed by atoms with Crippen LogP contribution in [-0.4, -0.2) is 19.7 Å². The molecule has 0 N–H and O–H groups in total. The number of fused-ring (bicyclic) bond motifs is 1. The van der Waals surface area contributed by atoms with Crippen LogP contribution in [0.1, 0.15) is 11.1 Å². The molecule has 1 aromatic carbocycles. The topological polar surface area (TPSA) is 47.0 Å². The van der Waals surface area contributed by atoms with Gasteiger partial charge in [0.15, 0.2) is 9.84 Å². The van der Waals surface area contributed by atoms with E-state index in [0.717, 1.165) is 16.5 Å². The summed E-state index contributed by atoms with van der Waals surface area (Å²) in [4.78, 5) is 4.44. The fourth-order valence-electron chi connectivity index (χ4n) is 1.75. The number of sulfone groups is 1. The third-order valence-corrected chi connectivity index (χ3v) is 3.92. The first-order valence-electron chi connectivity index (χ1n) is 5.07. The molecule has 0 aliphatic carbocycles. The first-order valence-corrected chi connectivity index (χ1v) is 7.49. The second-order valence-electron chi connectivity index (χ2n) is 4.08. The summed E-state index contributed by atoms with van der Waals surface area (Å²) in [5.41, 5.74) is 2.28. The summed E-state index contributed by atoms with van der Waals surface area (Å²) in [6, 6.07) is 5.37. The number of hydrogen-bond acceptors (Lipinski definition) is 3. The quantitative estimate of drug-likeness (QED) is 0.788. The number of alkyl halides is 1. The fourth-order valence-corrected chi connectivity index (χ4v) is 2.79. The van der Waals surface area contributed by atoms with Crippen molar-refractivity contribution >= 4 is 32.3 Å². The Morgan fingerprint density at radius 1 is 1.29 bits per heavy atom. The Morgan fingerprint density at radius 2 is 2.00 bits per heavy atom. The molecule has 0 aliphatic rings. The van der Waals surface area contributed by atoms with Crippen molar-refractivity contribution in [3.05, 3.63) is 35.5 Å². The smallest absolute Gasteiger partial charge is 0.177 e. The van der Waals surface area contributed by atoms with E-state index in [1.54, 1.807) is 12.3 Å². The van der Waals surface area contributed by atoms with Gasteiger partial charge in [-0.15, -0.1) is 11.6 Å². The van der Waals surface area contributed by atoms with Crippen LogP contribution < -0.4 is 0 Å². The molecule has 0 amide bonds. The van der Waals surface area contributed by atoms with E-state index in [-0.39, 0.29) is 10.8 Å². The van der Waals surface area contributed by atoms with Gasteiger partial charge in [-0.25, -0.2) is 8.42 Å². The van der Waals surface area contributed by atoms with Crippen LogP contribution in [0.25, 0.3) is 10.9 Å². The van der Waals surface area contributed by atoms with Crippen molar-refractivity contribution in [2.45, 2.75) is 17.7 Å². The second-order valence-corrected chi connectivity index (χ2v) is 6.34. The third-order valence-electron chi connectivity index (χ3n) is 2.50. The highest BCUT2D eigenvalue weighted by atomic mass is 35.5. The molecule has 17 heavy (non-hydrogen) atoms. The summed E-state index contributed by atoms with van der Waals surface area (Å²) in [5.74, 6) is 0.284. The van der Waals surface area contributed by atoms with Crippen LogP contribution in [-0.2, 0) is 15.7 Å². The molecule has 0 aliphatic heterocycles. The largest absolute Gasteiger partial charge is 0.255 e. The van der Waals surface area contributed by atoms with Gasteiger partial charge in [0.2, 0.25) is 0 Å². The Balaban J connectivity index is 2.90. The van der Waals surface area contributed by atoms with Crippen LogP contribution in [0.4, 0.5) is 0 Å². The number of benzene rings is 1. The van der Waals surface area contributed by atoms with Crippen LogP contribution in [0, 0.1) is 6.92 Å². The van der Waals surface area contributed by atoms with Crippen LogP contribution in [0.15, 0.2) is 29.3 Å². The minimum atomic E-state index is -3.30. The fraction of sp³-hybridized carbons (Fsp3) is 0.250. The standard InChI is InChI=1S/C12H12ClNO2S/c1-8-3-10-4-9(6-13)5-11(17(2,15)16)12(10)14-7-8/h3-5,7H,6H2,1-2H3. The average molecular weight is 270 g/mol. The van der Waals surface area contributed by atoms with Crippen LogP contribution in [0.3, 0.4) is 0 Å². The van der Waals surface area contributed by atoms with Crippen molar-refractivity contribution < 1.29 is 8.42 Å². The van der Waals surface area contributed by atoms with E-state index >= 15 is 0 Å². The predicted octanol–water partition coefficient (Wildman–Crippen LogP) is 2.69. The Bertz CT molecular complexity index is 680. The molecule has 0 fully saturated rings. The summed E-state index contributed by atoms with van der Waals surface area (Å²) in [7, 11) is -3.30. The van der Waals surface area contributed by atoms with E-state index in [1.807, 2.05) is 19.1 Å². The molecule has 3 nitrogen and oxygen atoms in total. The monoisotopic (exact) mass is 269 g/mol. The van der Waals surface area contributed by atoms with Crippen molar-refractivity contribution in [3.8, 4) is 0 Å². The van der Waals surface area contributed by atoms with E-state index in [0.29, 0.717) is 5.52 Å². The zero-order valence-corrected chi connectivity index (χ0v) is 11.1. The van der Waals surface area contributed by atoms with Gasteiger partial charge in [0, 0.05) is 23.7 Å². The summed E-state index contributed by atoms with van der Waals surface area (Å²) in [6.07, 6.45) is 2.85.